The summed E-state index contributed by atoms with van der Waals surface area (Å²) in [7, 11) is 2.14. The van der Waals surface area contributed by atoms with E-state index >= 15 is 0 Å². The second-order valence-corrected chi connectivity index (χ2v) is 17.9. The van der Waals surface area contributed by atoms with E-state index in [0.29, 0.717) is 23.9 Å². The SMILES string of the molecule is CCCCCCCCCCCCCCCCCC(=O)P(=O)(OCC[N+](C)(C)C)C(=O)CCCCCCCCCCCCCCCCC. The van der Waals surface area contributed by atoms with Crippen molar-refractivity contribution in [1.29, 1.82) is 0 Å². The zero-order chi connectivity index (χ0) is 34.9. The van der Waals surface area contributed by atoms with Gasteiger partial charge < -0.3 is 9.01 Å². The molecule has 0 spiro atoms. The minimum Gasteiger partial charge on any atom is -0.329 e. The molecular formula is C41H83NO4P+. The smallest absolute Gasteiger partial charge is 0.329 e. The van der Waals surface area contributed by atoms with Gasteiger partial charge in [-0.1, -0.05) is 194 Å². The lowest BCUT2D eigenvalue weighted by Crippen LogP contribution is -2.37. The number of hydrogen-bond donors (Lipinski definition) is 0. The maximum Gasteiger partial charge on any atom is 0.330 e. The minimum absolute atomic E-state index is 0.177. The Morgan fingerprint density at radius 3 is 0.894 bits per heavy atom. The Balaban J connectivity index is 4.16. The number of carbonyl (C=O) groups excluding carboxylic acids is 2. The molecule has 6 heteroatoms. The number of likely N-dealkylation sites (N-methyl/N-ethyl adjacent to an activating group) is 1. The van der Waals surface area contributed by atoms with Crippen molar-refractivity contribution >= 4 is 18.4 Å². The summed E-state index contributed by atoms with van der Waals surface area (Å²) in [6.45, 7) is 5.33. The molecule has 0 N–H and O–H groups in total. The zero-order valence-electron chi connectivity index (χ0n) is 32.6. The van der Waals surface area contributed by atoms with Crippen LogP contribution in [0.25, 0.3) is 0 Å². The number of hydrogen-bond acceptors (Lipinski definition) is 4. The summed E-state index contributed by atoms with van der Waals surface area (Å²) < 4.78 is 20.1. The van der Waals surface area contributed by atoms with Crippen LogP contribution < -0.4 is 0 Å². The first-order valence-electron chi connectivity index (χ1n) is 20.8. The fourth-order valence-corrected chi connectivity index (χ4v) is 8.13. The highest BCUT2D eigenvalue weighted by Gasteiger charge is 2.40. The van der Waals surface area contributed by atoms with Gasteiger partial charge in [-0.05, 0) is 12.8 Å². The molecular weight excluding hydrogens is 601 g/mol. The van der Waals surface area contributed by atoms with Crippen molar-refractivity contribution in [3.05, 3.63) is 0 Å². The molecule has 0 bridgehead atoms. The predicted molar refractivity (Wildman–Crippen MR) is 206 cm³/mol. The van der Waals surface area contributed by atoms with E-state index in [9.17, 15) is 14.2 Å². The molecule has 0 aromatic carbocycles. The van der Waals surface area contributed by atoms with E-state index in [1.807, 2.05) is 21.1 Å². The molecule has 0 amide bonds. The van der Waals surface area contributed by atoms with Crippen LogP contribution >= 0.6 is 7.37 Å². The largest absolute Gasteiger partial charge is 0.330 e. The average Bonchev–Trinajstić information content (AvgIpc) is 3.03. The van der Waals surface area contributed by atoms with Gasteiger partial charge in [0.15, 0.2) is 0 Å². The van der Waals surface area contributed by atoms with Gasteiger partial charge in [0.2, 0.25) is 11.0 Å². The van der Waals surface area contributed by atoms with Gasteiger partial charge >= 0.3 is 7.37 Å². The lowest BCUT2D eigenvalue weighted by Gasteiger charge is -2.25. The molecule has 0 aromatic rings. The van der Waals surface area contributed by atoms with Gasteiger partial charge in [0.05, 0.1) is 21.1 Å². The molecule has 0 aliphatic rings. The molecule has 0 rings (SSSR count). The minimum atomic E-state index is -3.95. The molecule has 280 valence electrons. The van der Waals surface area contributed by atoms with Gasteiger partial charge in [-0.2, -0.15) is 0 Å². The van der Waals surface area contributed by atoms with Gasteiger partial charge in [0, 0.05) is 12.8 Å². The summed E-state index contributed by atoms with van der Waals surface area (Å²) in [6, 6.07) is 0. The summed E-state index contributed by atoms with van der Waals surface area (Å²) in [4.78, 5) is 26.3. The first kappa shape index (κ1) is 46.5. The van der Waals surface area contributed by atoms with Crippen molar-refractivity contribution in [2.24, 2.45) is 0 Å². The zero-order valence-corrected chi connectivity index (χ0v) is 33.5. The maximum atomic E-state index is 13.7. The molecule has 0 radical (unpaired) electrons. The Hall–Kier alpha value is -0.510. The Bertz CT molecular complexity index is 713. The number of quaternary nitrogens is 1. The van der Waals surface area contributed by atoms with Crippen molar-refractivity contribution in [2.45, 2.75) is 219 Å². The highest BCUT2D eigenvalue weighted by molar-refractivity contribution is 7.90. The lowest BCUT2D eigenvalue weighted by atomic mass is 10.0. The molecule has 0 aliphatic heterocycles. The van der Waals surface area contributed by atoms with E-state index in [4.69, 9.17) is 4.52 Å². The van der Waals surface area contributed by atoms with Crippen LogP contribution in [0.1, 0.15) is 219 Å². The molecule has 0 atom stereocenters. The van der Waals surface area contributed by atoms with Gasteiger partial charge in [-0.3, -0.25) is 14.2 Å². The van der Waals surface area contributed by atoms with E-state index in [0.717, 1.165) is 25.7 Å². The number of nitrogens with zero attached hydrogens (tertiary/aromatic N) is 1. The molecule has 0 saturated heterocycles. The van der Waals surface area contributed by atoms with Crippen LogP contribution in [-0.4, -0.2) is 49.8 Å². The molecule has 5 nitrogen and oxygen atoms in total. The molecule has 0 aromatic heterocycles. The molecule has 0 aliphatic carbocycles. The van der Waals surface area contributed by atoms with E-state index < -0.39 is 18.4 Å². The maximum absolute atomic E-state index is 13.7. The van der Waals surface area contributed by atoms with Gasteiger partial charge in [0.1, 0.15) is 13.2 Å². The molecule has 0 unspecified atom stereocenters. The summed E-state index contributed by atoms with van der Waals surface area (Å²) in [5, 5.41) is 0. The Morgan fingerprint density at radius 2 is 0.660 bits per heavy atom. The van der Waals surface area contributed by atoms with Crippen molar-refractivity contribution in [3.63, 3.8) is 0 Å². The summed E-state index contributed by atoms with van der Waals surface area (Å²) in [5.74, 6) is 0. The third-order valence-electron chi connectivity index (χ3n) is 9.68. The van der Waals surface area contributed by atoms with Crippen LogP contribution in [0.4, 0.5) is 0 Å². The van der Waals surface area contributed by atoms with E-state index in [2.05, 4.69) is 13.8 Å². The van der Waals surface area contributed by atoms with Crippen molar-refractivity contribution in [2.75, 3.05) is 34.3 Å². The van der Waals surface area contributed by atoms with Crippen molar-refractivity contribution in [1.82, 2.24) is 0 Å². The van der Waals surface area contributed by atoms with Gasteiger partial charge in [0.25, 0.3) is 0 Å². The number of unbranched alkanes of at least 4 members (excludes halogenated alkanes) is 28. The van der Waals surface area contributed by atoms with Gasteiger partial charge in [-0.15, -0.1) is 0 Å². The molecule has 0 saturated carbocycles. The average molecular weight is 685 g/mol. The first-order valence-corrected chi connectivity index (χ1v) is 22.4. The van der Waals surface area contributed by atoms with Crippen LogP contribution in [0.2, 0.25) is 0 Å². The van der Waals surface area contributed by atoms with Crippen LogP contribution in [0.15, 0.2) is 0 Å². The van der Waals surface area contributed by atoms with E-state index in [1.54, 1.807) is 0 Å². The standard InChI is InChI=1S/C41H83NO4P/c1-6-8-10-12-14-16-18-20-22-24-26-28-30-32-34-36-40(43)47(45,46-39-38-42(3,4)5)41(44)37-35-33-31-29-27-25-23-21-19-17-15-13-11-9-7-2/h6-39H2,1-5H3/q+1. The quantitative estimate of drug-likeness (QED) is 0.0369. The highest BCUT2D eigenvalue weighted by atomic mass is 31.2. The topological polar surface area (TPSA) is 60.4 Å². The van der Waals surface area contributed by atoms with Crippen molar-refractivity contribution in [3.8, 4) is 0 Å². The highest BCUT2D eigenvalue weighted by Crippen LogP contribution is 2.51. The van der Waals surface area contributed by atoms with Gasteiger partial charge in [-0.25, -0.2) is 0 Å². The Labute approximate surface area is 294 Å². The third kappa shape index (κ3) is 30.1. The lowest BCUT2D eigenvalue weighted by molar-refractivity contribution is -0.870. The van der Waals surface area contributed by atoms with Crippen LogP contribution in [0, 0.1) is 0 Å². The Morgan fingerprint density at radius 1 is 0.426 bits per heavy atom. The second-order valence-electron chi connectivity index (χ2n) is 15.6. The number of rotatable bonds is 38. The first-order chi connectivity index (χ1) is 22.7. The normalized spacial score (nSPS) is 12.2. The van der Waals surface area contributed by atoms with Crippen LogP contribution in [0.3, 0.4) is 0 Å². The van der Waals surface area contributed by atoms with Crippen LogP contribution in [-0.2, 0) is 18.7 Å². The van der Waals surface area contributed by atoms with E-state index in [-0.39, 0.29) is 19.4 Å². The number of carbonyl (C=O) groups is 2. The molecule has 0 fully saturated rings. The molecule has 47 heavy (non-hydrogen) atoms. The fraction of sp³-hybridized carbons (Fsp3) is 0.951. The Kier molecular flexibility index (Phi) is 32.3. The monoisotopic (exact) mass is 685 g/mol. The summed E-state index contributed by atoms with van der Waals surface area (Å²) in [6.07, 6.45) is 38.2. The summed E-state index contributed by atoms with van der Waals surface area (Å²) >= 11 is 0. The summed E-state index contributed by atoms with van der Waals surface area (Å²) in [5.41, 5.74) is -0.890. The van der Waals surface area contributed by atoms with Crippen LogP contribution in [0.5, 0.6) is 0 Å². The van der Waals surface area contributed by atoms with Crippen molar-refractivity contribution < 1.29 is 23.2 Å². The fourth-order valence-electron chi connectivity index (χ4n) is 6.32. The van der Waals surface area contributed by atoms with E-state index in [1.165, 1.54) is 154 Å². The predicted octanol–water partition coefficient (Wildman–Crippen LogP) is 13.6. The molecule has 0 heterocycles. The third-order valence-corrected chi connectivity index (χ3v) is 12.0. The second kappa shape index (κ2) is 32.7.